The van der Waals surface area contributed by atoms with E-state index in [1.807, 2.05) is 36.4 Å². The Balaban J connectivity index is 2.49. The minimum absolute atomic E-state index is 0.282. The monoisotopic (exact) mass is 466 g/mol. The molecule has 0 saturated heterocycles. The van der Waals surface area contributed by atoms with Gasteiger partial charge in [0.15, 0.2) is 0 Å². The van der Waals surface area contributed by atoms with E-state index < -0.39 is 0 Å². The maximum Gasteiger partial charge on any atom is 0.125 e. The molecule has 0 aliphatic carbocycles. The van der Waals surface area contributed by atoms with Crippen molar-refractivity contribution in [3.63, 3.8) is 0 Å². The molecule has 0 bridgehead atoms. The lowest BCUT2D eigenvalue weighted by Crippen LogP contribution is -1.98. The van der Waals surface area contributed by atoms with Gasteiger partial charge in [0.05, 0.1) is 12.5 Å². The predicted molar refractivity (Wildman–Crippen MR) is 90.2 cm³/mol. The van der Waals surface area contributed by atoms with E-state index in [9.17, 15) is 0 Å². The summed E-state index contributed by atoms with van der Waals surface area (Å²) in [7, 11) is 1.64. The molecule has 5 heteroatoms. The van der Waals surface area contributed by atoms with Crippen molar-refractivity contribution in [2.75, 3.05) is 7.11 Å². The summed E-state index contributed by atoms with van der Waals surface area (Å²) in [5.74, 6) is 0.765. The molecule has 2 rings (SSSR count). The number of halogens is 4. The molecule has 0 aromatic heterocycles. The van der Waals surface area contributed by atoms with Crippen LogP contribution in [-0.4, -0.2) is 7.11 Å². The highest BCUT2D eigenvalue weighted by Gasteiger charge is 2.18. The lowest BCUT2D eigenvalue weighted by atomic mass is 10.0. The predicted octanol–water partition coefficient (Wildman–Crippen LogP) is 6.31. The van der Waals surface area contributed by atoms with Gasteiger partial charge in [0, 0.05) is 19.0 Å². The van der Waals surface area contributed by atoms with E-state index in [-0.39, 0.29) is 5.38 Å². The fourth-order valence-electron chi connectivity index (χ4n) is 1.77. The van der Waals surface area contributed by atoms with Crippen molar-refractivity contribution >= 4 is 59.4 Å². The van der Waals surface area contributed by atoms with E-state index in [4.69, 9.17) is 16.3 Å². The highest BCUT2D eigenvalue weighted by atomic mass is 79.9. The van der Waals surface area contributed by atoms with Crippen molar-refractivity contribution in [2.24, 2.45) is 0 Å². The lowest BCUT2D eigenvalue weighted by molar-refractivity contribution is 0.410. The second kappa shape index (κ2) is 6.61. The zero-order valence-corrected chi connectivity index (χ0v) is 15.5. The molecule has 100 valence electrons. The lowest BCUT2D eigenvalue weighted by Gasteiger charge is -2.16. The third-order valence-corrected chi connectivity index (χ3v) is 4.88. The summed E-state index contributed by atoms with van der Waals surface area (Å²) in [5, 5.41) is -0.282. The Morgan fingerprint density at radius 3 is 2.26 bits per heavy atom. The van der Waals surface area contributed by atoms with Crippen LogP contribution >= 0.6 is 59.4 Å². The minimum Gasteiger partial charge on any atom is -0.496 e. The fourth-order valence-corrected chi connectivity index (χ4v) is 3.46. The highest BCUT2D eigenvalue weighted by molar-refractivity contribution is 9.11. The first kappa shape index (κ1) is 15.4. The molecule has 0 aliphatic rings. The first-order chi connectivity index (χ1) is 9.02. The third-order valence-electron chi connectivity index (χ3n) is 2.70. The number of rotatable bonds is 3. The normalized spacial score (nSPS) is 12.3. The molecular weight excluding hydrogens is 459 g/mol. The van der Waals surface area contributed by atoms with Gasteiger partial charge in [-0.25, -0.2) is 0 Å². The van der Waals surface area contributed by atoms with Crippen LogP contribution in [-0.2, 0) is 0 Å². The molecule has 0 amide bonds. The Morgan fingerprint density at radius 1 is 0.947 bits per heavy atom. The quantitative estimate of drug-likeness (QED) is 0.479. The summed E-state index contributed by atoms with van der Waals surface area (Å²) < 4.78 is 8.33. The van der Waals surface area contributed by atoms with E-state index in [2.05, 4.69) is 47.8 Å². The van der Waals surface area contributed by atoms with Gasteiger partial charge in [0.2, 0.25) is 0 Å². The first-order valence-electron chi connectivity index (χ1n) is 5.45. The van der Waals surface area contributed by atoms with E-state index in [1.165, 1.54) is 0 Å². The molecule has 1 atom stereocenters. The molecule has 2 aromatic rings. The average Bonchev–Trinajstić information content (AvgIpc) is 2.40. The fraction of sp³-hybridized carbons (Fsp3) is 0.143. The Labute approximate surface area is 142 Å². The van der Waals surface area contributed by atoms with Crippen molar-refractivity contribution in [1.29, 1.82) is 0 Å². The van der Waals surface area contributed by atoms with Gasteiger partial charge < -0.3 is 4.74 Å². The average molecular weight is 469 g/mol. The van der Waals surface area contributed by atoms with E-state index in [1.54, 1.807) is 7.11 Å². The molecule has 0 aliphatic heterocycles. The Bertz CT molecular complexity index is 601. The Hall–Kier alpha value is -0.0300. The smallest absolute Gasteiger partial charge is 0.125 e. The number of alkyl halides is 1. The third kappa shape index (κ3) is 3.54. The number of benzene rings is 2. The van der Waals surface area contributed by atoms with Crippen molar-refractivity contribution < 1.29 is 4.74 Å². The van der Waals surface area contributed by atoms with E-state index >= 15 is 0 Å². The molecule has 0 heterocycles. The first-order valence-corrected chi connectivity index (χ1v) is 8.27. The summed E-state index contributed by atoms with van der Waals surface area (Å²) in [6.07, 6.45) is 0. The summed E-state index contributed by atoms with van der Waals surface area (Å²) in [6.45, 7) is 0. The zero-order valence-electron chi connectivity index (χ0n) is 9.96. The largest absolute Gasteiger partial charge is 0.496 e. The van der Waals surface area contributed by atoms with Crippen LogP contribution in [0.25, 0.3) is 0 Å². The topological polar surface area (TPSA) is 9.23 Å². The molecule has 0 spiro atoms. The minimum atomic E-state index is -0.282. The number of ether oxygens (including phenoxy) is 1. The van der Waals surface area contributed by atoms with Crippen molar-refractivity contribution in [3.8, 4) is 5.75 Å². The van der Waals surface area contributed by atoms with Crippen molar-refractivity contribution in [3.05, 3.63) is 60.9 Å². The summed E-state index contributed by atoms with van der Waals surface area (Å²) in [5.41, 5.74) is 1.93. The molecule has 0 radical (unpaired) electrons. The Kier molecular flexibility index (Phi) is 5.35. The molecular formula is C14H10Br3ClO. The van der Waals surface area contributed by atoms with Crippen LogP contribution in [0.1, 0.15) is 16.5 Å². The molecule has 1 unspecified atom stereocenters. The maximum atomic E-state index is 6.60. The van der Waals surface area contributed by atoms with Crippen LogP contribution in [0.15, 0.2) is 49.8 Å². The van der Waals surface area contributed by atoms with Gasteiger partial charge in [0.25, 0.3) is 0 Å². The second-order valence-electron chi connectivity index (χ2n) is 3.91. The summed E-state index contributed by atoms with van der Waals surface area (Å²) >= 11 is 17.0. The maximum absolute atomic E-state index is 6.60. The van der Waals surface area contributed by atoms with Gasteiger partial charge in [-0.05, 0) is 35.9 Å². The zero-order chi connectivity index (χ0) is 14.0. The molecule has 0 fully saturated rings. The molecule has 1 nitrogen and oxygen atoms in total. The SMILES string of the molecule is COc1cc(Br)ccc1C(Cl)c1cc(Br)ccc1Br. The van der Waals surface area contributed by atoms with Crippen LogP contribution in [0.2, 0.25) is 0 Å². The van der Waals surface area contributed by atoms with E-state index in [0.717, 1.165) is 30.3 Å². The molecule has 0 N–H and O–H groups in total. The summed E-state index contributed by atoms with van der Waals surface area (Å²) in [6, 6.07) is 11.8. The van der Waals surface area contributed by atoms with Gasteiger partial charge in [-0.1, -0.05) is 53.9 Å². The molecule has 19 heavy (non-hydrogen) atoms. The van der Waals surface area contributed by atoms with Gasteiger partial charge in [-0.15, -0.1) is 11.6 Å². The highest BCUT2D eigenvalue weighted by Crippen LogP contribution is 2.40. The van der Waals surface area contributed by atoms with Gasteiger partial charge >= 0.3 is 0 Å². The van der Waals surface area contributed by atoms with Crippen LogP contribution in [0.4, 0.5) is 0 Å². The van der Waals surface area contributed by atoms with Crippen LogP contribution in [0.5, 0.6) is 5.75 Å². The second-order valence-corrected chi connectivity index (χ2v) is 7.04. The van der Waals surface area contributed by atoms with Crippen LogP contribution in [0.3, 0.4) is 0 Å². The van der Waals surface area contributed by atoms with Crippen LogP contribution in [0, 0.1) is 0 Å². The standard InChI is InChI=1S/C14H10Br3ClO/c1-19-13-7-9(16)2-4-10(13)14(18)11-6-8(15)3-5-12(11)17/h2-7,14H,1H3. The Morgan fingerprint density at radius 2 is 1.58 bits per heavy atom. The molecule has 0 saturated carbocycles. The van der Waals surface area contributed by atoms with E-state index in [0.29, 0.717) is 0 Å². The molecule has 2 aromatic carbocycles. The van der Waals surface area contributed by atoms with Gasteiger partial charge in [-0.3, -0.25) is 0 Å². The number of hydrogen-bond donors (Lipinski definition) is 0. The number of methoxy groups -OCH3 is 1. The van der Waals surface area contributed by atoms with Crippen molar-refractivity contribution in [2.45, 2.75) is 5.38 Å². The van der Waals surface area contributed by atoms with Gasteiger partial charge in [-0.2, -0.15) is 0 Å². The summed E-state index contributed by atoms with van der Waals surface area (Å²) in [4.78, 5) is 0. The number of hydrogen-bond acceptors (Lipinski definition) is 1. The van der Waals surface area contributed by atoms with Crippen LogP contribution < -0.4 is 4.74 Å². The van der Waals surface area contributed by atoms with Crippen molar-refractivity contribution in [1.82, 2.24) is 0 Å². The van der Waals surface area contributed by atoms with Gasteiger partial charge in [0.1, 0.15) is 5.75 Å².